The van der Waals surface area contributed by atoms with E-state index in [1.165, 1.54) is 0 Å². The predicted octanol–water partition coefficient (Wildman–Crippen LogP) is 2.89. The molecule has 1 amide bonds. The topological polar surface area (TPSA) is 41.6 Å². The fraction of sp³-hybridized carbons (Fsp3) is 0.533. The molecule has 0 aromatic heterocycles. The van der Waals surface area contributed by atoms with Crippen molar-refractivity contribution in [1.29, 1.82) is 0 Å². The van der Waals surface area contributed by atoms with Gasteiger partial charge in [0.2, 0.25) is 5.91 Å². The van der Waals surface area contributed by atoms with Gasteiger partial charge in [-0.25, -0.2) is 0 Å². The molecule has 1 unspecified atom stereocenters. The van der Waals surface area contributed by atoms with E-state index in [9.17, 15) is 4.79 Å². The van der Waals surface area contributed by atoms with E-state index in [0.717, 1.165) is 5.56 Å². The van der Waals surface area contributed by atoms with E-state index in [1.807, 2.05) is 24.0 Å². The fourth-order valence-electron chi connectivity index (χ4n) is 2.33. The third-order valence-electron chi connectivity index (χ3n) is 3.58. The van der Waals surface area contributed by atoms with E-state index < -0.39 is 0 Å². The van der Waals surface area contributed by atoms with E-state index in [2.05, 4.69) is 5.32 Å². The molecule has 116 valence electrons. The van der Waals surface area contributed by atoms with Gasteiger partial charge < -0.3 is 15.0 Å². The number of rotatable bonds is 5. The van der Waals surface area contributed by atoms with Crippen molar-refractivity contribution in [3.05, 3.63) is 33.8 Å². The molecule has 0 spiro atoms. The summed E-state index contributed by atoms with van der Waals surface area (Å²) in [5.74, 6) is 0.167. The molecule has 0 aliphatic carbocycles. The summed E-state index contributed by atoms with van der Waals surface area (Å²) in [6.07, 6.45) is 0.482. The van der Waals surface area contributed by atoms with Crippen LogP contribution in [-0.2, 0) is 9.53 Å². The maximum Gasteiger partial charge on any atom is 0.224 e. The lowest BCUT2D eigenvalue weighted by atomic mass is 10.1. The van der Waals surface area contributed by atoms with Gasteiger partial charge in [-0.15, -0.1) is 0 Å². The van der Waals surface area contributed by atoms with Crippen LogP contribution in [0, 0.1) is 0 Å². The van der Waals surface area contributed by atoms with Crippen LogP contribution in [0.3, 0.4) is 0 Å². The quantitative estimate of drug-likeness (QED) is 0.902. The standard InChI is InChI=1S/C15H20Cl2N2O2/c1-11(13-3-2-12(16)10-14(13)17)18-5-4-15(20)19-6-8-21-9-7-19/h2-3,10-11,18H,4-9H2,1H3. The molecule has 0 radical (unpaired) electrons. The minimum absolute atomic E-state index is 0.0762. The zero-order chi connectivity index (χ0) is 15.2. The molecular formula is C15H20Cl2N2O2. The lowest BCUT2D eigenvalue weighted by Gasteiger charge is -2.27. The monoisotopic (exact) mass is 330 g/mol. The average Bonchev–Trinajstić information content (AvgIpc) is 2.47. The number of nitrogens with zero attached hydrogens (tertiary/aromatic N) is 1. The molecule has 0 saturated carbocycles. The molecule has 1 N–H and O–H groups in total. The van der Waals surface area contributed by atoms with Crippen LogP contribution < -0.4 is 5.32 Å². The van der Waals surface area contributed by atoms with Gasteiger partial charge in [0.25, 0.3) is 0 Å². The van der Waals surface area contributed by atoms with E-state index in [0.29, 0.717) is 49.3 Å². The van der Waals surface area contributed by atoms with Crippen molar-refractivity contribution >= 4 is 29.1 Å². The number of carbonyl (C=O) groups excluding carboxylic acids is 1. The first-order chi connectivity index (χ1) is 10.1. The molecule has 1 fully saturated rings. The largest absolute Gasteiger partial charge is 0.378 e. The van der Waals surface area contributed by atoms with Crippen LogP contribution >= 0.6 is 23.2 Å². The SMILES string of the molecule is CC(NCCC(=O)N1CCOCC1)c1ccc(Cl)cc1Cl. The maximum absolute atomic E-state index is 12.0. The number of amides is 1. The Morgan fingerprint density at radius 1 is 1.38 bits per heavy atom. The Bertz CT molecular complexity index is 491. The van der Waals surface area contributed by atoms with Crippen molar-refractivity contribution in [2.24, 2.45) is 0 Å². The molecule has 1 aliphatic rings. The highest BCUT2D eigenvalue weighted by Crippen LogP contribution is 2.25. The molecule has 1 saturated heterocycles. The second-order valence-corrected chi connectivity index (χ2v) is 5.93. The highest BCUT2D eigenvalue weighted by atomic mass is 35.5. The minimum Gasteiger partial charge on any atom is -0.378 e. The van der Waals surface area contributed by atoms with Crippen molar-refractivity contribution in [1.82, 2.24) is 10.2 Å². The van der Waals surface area contributed by atoms with Crippen molar-refractivity contribution in [3.63, 3.8) is 0 Å². The minimum atomic E-state index is 0.0762. The molecule has 2 rings (SSSR count). The van der Waals surface area contributed by atoms with Crippen LogP contribution in [0.4, 0.5) is 0 Å². The lowest BCUT2D eigenvalue weighted by Crippen LogP contribution is -2.41. The van der Waals surface area contributed by atoms with Gasteiger partial charge >= 0.3 is 0 Å². The smallest absolute Gasteiger partial charge is 0.224 e. The van der Waals surface area contributed by atoms with Crippen molar-refractivity contribution in [2.75, 3.05) is 32.8 Å². The molecule has 6 heteroatoms. The second kappa shape index (κ2) is 7.99. The van der Waals surface area contributed by atoms with Gasteiger partial charge in [0, 0.05) is 42.1 Å². The van der Waals surface area contributed by atoms with Gasteiger partial charge in [0.15, 0.2) is 0 Å². The van der Waals surface area contributed by atoms with Crippen LogP contribution in [0.15, 0.2) is 18.2 Å². The number of nitrogens with one attached hydrogen (secondary N) is 1. The average molecular weight is 331 g/mol. The Morgan fingerprint density at radius 2 is 2.10 bits per heavy atom. The Balaban J connectivity index is 1.78. The number of hydrogen-bond acceptors (Lipinski definition) is 3. The van der Waals surface area contributed by atoms with Gasteiger partial charge in [0.05, 0.1) is 13.2 Å². The number of hydrogen-bond donors (Lipinski definition) is 1. The summed E-state index contributed by atoms with van der Waals surface area (Å²) in [4.78, 5) is 13.9. The zero-order valence-corrected chi connectivity index (χ0v) is 13.6. The summed E-state index contributed by atoms with van der Waals surface area (Å²) in [5, 5.41) is 4.59. The molecule has 1 aromatic carbocycles. The predicted molar refractivity (Wildman–Crippen MR) is 84.9 cm³/mol. The van der Waals surface area contributed by atoms with Gasteiger partial charge in [-0.2, -0.15) is 0 Å². The number of halogens is 2. The summed E-state index contributed by atoms with van der Waals surface area (Å²) in [7, 11) is 0. The normalized spacial score (nSPS) is 16.8. The summed E-state index contributed by atoms with van der Waals surface area (Å²) >= 11 is 12.1. The molecule has 4 nitrogen and oxygen atoms in total. The first kappa shape index (κ1) is 16.6. The third-order valence-corrected chi connectivity index (χ3v) is 4.14. The molecule has 0 bridgehead atoms. The summed E-state index contributed by atoms with van der Waals surface area (Å²) < 4.78 is 5.24. The molecular weight excluding hydrogens is 311 g/mol. The van der Waals surface area contributed by atoms with E-state index in [4.69, 9.17) is 27.9 Å². The van der Waals surface area contributed by atoms with Crippen LogP contribution in [0.25, 0.3) is 0 Å². The van der Waals surface area contributed by atoms with E-state index in [1.54, 1.807) is 6.07 Å². The number of carbonyl (C=O) groups is 1. The number of morpholine rings is 1. The van der Waals surface area contributed by atoms with Crippen LogP contribution in [0.2, 0.25) is 10.0 Å². The van der Waals surface area contributed by atoms with Crippen LogP contribution in [0.1, 0.15) is 24.9 Å². The number of ether oxygens (including phenoxy) is 1. The molecule has 21 heavy (non-hydrogen) atoms. The van der Waals surface area contributed by atoms with Gasteiger partial charge in [0.1, 0.15) is 0 Å². The van der Waals surface area contributed by atoms with Crippen LogP contribution in [-0.4, -0.2) is 43.7 Å². The maximum atomic E-state index is 12.0. The Labute approximate surface area is 135 Å². The molecule has 1 atom stereocenters. The summed E-state index contributed by atoms with van der Waals surface area (Å²) in [6.45, 7) is 5.30. The van der Waals surface area contributed by atoms with Gasteiger partial charge in [-0.1, -0.05) is 29.3 Å². The Kier molecular flexibility index (Phi) is 6.30. The third kappa shape index (κ3) is 4.85. The van der Waals surface area contributed by atoms with Crippen molar-refractivity contribution in [3.8, 4) is 0 Å². The fourth-order valence-corrected chi connectivity index (χ4v) is 2.90. The first-order valence-corrected chi connectivity index (χ1v) is 7.87. The molecule has 1 heterocycles. The second-order valence-electron chi connectivity index (χ2n) is 5.08. The molecule has 1 aromatic rings. The van der Waals surface area contributed by atoms with Gasteiger partial charge in [-0.3, -0.25) is 4.79 Å². The van der Waals surface area contributed by atoms with Crippen molar-refractivity contribution in [2.45, 2.75) is 19.4 Å². The van der Waals surface area contributed by atoms with Gasteiger partial charge in [-0.05, 0) is 24.6 Å². The highest BCUT2D eigenvalue weighted by Gasteiger charge is 2.17. The zero-order valence-electron chi connectivity index (χ0n) is 12.1. The van der Waals surface area contributed by atoms with E-state index >= 15 is 0 Å². The Hall–Kier alpha value is -0.810. The van der Waals surface area contributed by atoms with E-state index in [-0.39, 0.29) is 11.9 Å². The Morgan fingerprint density at radius 3 is 2.76 bits per heavy atom. The summed E-state index contributed by atoms with van der Waals surface area (Å²) in [6, 6.07) is 5.54. The summed E-state index contributed by atoms with van der Waals surface area (Å²) in [5.41, 5.74) is 0.986. The van der Waals surface area contributed by atoms with Crippen LogP contribution in [0.5, 0.6) is 0 Å². The first-order valence-electron chi connectivity index (χ1n) is 7.12. The molecule has 1 aliphatic heterocycles. The lowest BCUT2D eigenvalue weighted by molar-refractivity contribution is -0.135. The highest BCUT2D eigenvalue weighted by molar-refractivity contribution is 6.35. The van der Waals surface area contributed by atoms with Crippen molar-refractivity contribution < 1.29 is 9.53 Å². The number of benzene rings is 1.